The second kappa shape index (κ2) is 15.5. The predicted octanol–water partition coefficient (Wildman–Crippen LogP) is 17.9. The molecule has 1 aromatic heterocycles. The van der Waals surface area contributed by atoms with Gasteiger partial charge in [-0.25, -0.2) is 15.0 Å². The van der Waals surface area contributed by atoms with Crippen LogP contribution in [-0.4, -0.2) is 15.0 Å². The summed E-state index contributed by atoms with van der Waals surface area (Å²) in [5.41, 5.74) is 31.4. The zero-order chi connectivity index (χ0) is 52.8. The van der Waals surface area contributed by atoms with E-state index in [0.717, 1.165) is 33.4 Å². The summed E-state index contributed by atoms with van der Waals surface area (Å²) in [5.74, 6) is 1.93. The van der Waals surface area contributed by atoms with E-state index in [9.17, 15) is 0 Å². The van der Waals surface area contributed by atoms with Gasteiger partial charge < -0.3 is 0 Å². The van der Waals surface area contributed by atoms with Crippen molar-refractivity contribution in [3.63, 3.8) is 0 Å². The van der Waals surface area contributed by atoms with Crippen molar-refractivity contribution in [3.8, 4) is 101 Å². The maximum absolute atomic E-state index is 5.85. The first-order chi connectivity index (χ1) is 40.2. The maximum Gasteiger partial charge on any atom is 0.164 e. The lowest BCUT2D eigenvalue weighted by atomic mass is 9.70. The number of fused-ring (bicyclic) bond motifs is 30. The highest BCUT2D eigenvalue weighted by Gasteiger charge is 2.55. The molecule has 19 rings (SSSR count). The van der Waals surface area contributed by atoms with Crippen LogP contribution >= 0.6 is 0 Å². The lowest BCUT2D eigenvalue weighted by Crippen LogP contribution is -2.25. The molecule has 0 unspecified atom stereocenters. The van der Waals surface area contributed by atoms with Crippen molar-refractivity contribution >= 4 is 0 Å². The summed E-state index contributed by atoms with van der Waals surface area (Å²) in [4.78, 5) is 17.6. The Bertz CT molecular complexity index is 4340. The molecule has 3 heteroatoms. The van der Waals surface area contributed by atoms with Gasteiger partial charge in [0.05, 0.1) is 16.2 Å². The number of hydrogen-bond acceptors (Lipinski definition) is 3. The van der Waals surface area contributed by atoms with E-state index in [1.54, 1.807) is 0 Å². The summed E-state index contributed by atoms with van der Waals surface area (Å²) >= 11 is 0. The third-order valence-electron chi connectivity index (χ3n) is 19.4. The minimum atomic E-state index is -0.536. The Morgan fingerprint density at radius 1 is 0.148 bits per heavy atom. The fraction of sp³-hybridized carbons (Fsp3) is 0.0385. The van der Waals surface area contributed by atoms with Crippen molar-refractivity contribution < 1.29 is 0 Å². The van der Waals surface area contributed by atoms with Gasteiger partial charge in [0.25, 0.3) is 0 Å². The smallest absolute Gasteiger partial charge is 0.164 e. The molecule has 0 N–H and O–H groups in total. The number of aromatic nitrogens is 3. The van der Waals surface area contributed by atoms with E-state index < -0.39 is 16.2 Å². The molecule has 0 aliphatic heterocycles. The lowest BCUT2D eigenvalue weighted by Gasteiger charge is -2.30. The fourth-order valence-corrected chi connectivity index (χ4v) is 16.7. The van der Waals surface area contributed by atoms with Gasteiger partial charge in [0.15, 0.2) is 17.5 Å². The number of nitrogens with zero attached hydrogens (tertiary/aromatic N) is 3. The second-order valence-corrected chi connectivity index (χ2v) is 22.7. The highest BCUT2D eigenvalue weighted by molar-refractivity contribution is 6.03. The topological polar surface area (TPSA) is 38.7 Å². The Morgan fingerprint density at radius 3 is 0.531 bits per heavy atom. The van der Waals surface area contributed by atoms with E-state index in [1.807, 2.05) is 0 Å². The molecule has 0 atom stereocenters. The largest absolute Gasteiger partial charge is 0.208 e. The molecule has 3 nitrogen and oxygen atoms in total. The fourth-order valence-electron chi connectivity index (χ4n) is 16.7. The van der Waals surface area contributed by atoms with Crippen LogP contribution in [0.5, 0.6) is 0 Å². The van der Waals surface area contributed by atoms with Gasteiger partial charge in [-0.15, -0.1) is 0 Å². The third kappa shape index (κ3) is 5.07. The molecular formula is C78H45N3. The van der Waals surface area contributed by atoms with Gasteiger partial charge in [-0.1, -0.05) is 273 Å². The summed E-state index contributed by atoms with van der Waals surface area (Å²) in [6.07, 6.45) is 0. The van der Waals surface area contributed by atoms with Crippen LogP contribution in [-0.2, 0) is 16.2 Å². The molecule has 372 valence electrons. The molecular weight excluding hydrogens is 979 g/mol. The van der Waals surface area contributed by atoms with Crippen LogP contribution in [0.3, 0.4) is 0 Å². The summed E-state index contributed by atoms with van der Waals surface area (Å²) in [7, 11) is 0. The maximum atomic E-state index is 5.85. The molecule has 1 heterocycles. The van der Waals surface area contributed by atoms with Gasteiger partial charge in [0.1, 0.15) is 0 Å². The van der Waals surface area contributed by atoms with E-state index >= 15 is 0 Å². The standard InChI is InChI=1S/C78H45N3/c1-10-34-58-46(22-1)47-23-2-11-35-59(47)76(58)64-40-16-7-28-52(64)70-55(31-19-43-67(70)76)73-79-74(56-32-20-44-68-71(56)53-29-8-17-41-65(53)77(68)60-36-12-3-24-48(60)49-25-4-13-37-61(49)77)81-75(80-73)57-33-21-45-69-72(57)54-30-9-18-42-66(54)78(69)62-38-14-5-26-50(62)51-27-6-15-39-63(51)78/h1-45H. The molecule has 0 saturated heterocycles. The molecule has 81 heavy (non-hydrogen) atoms. The van der Waals surface area contributed by atoms with E-state index in [2.05, 4.69) is 273 Å². The molecule has 3 spiro atoms. The molecule has 0 fully saturated rings. The van der Waals surface area contributed by atoms with Gasteiger partial charge in [-0.2, -0.15) is 0 Å². The zero-order valence-electron chi connectivity index (χ0n) is 43.8. The number of hydrogen-bond donors (Lipinski definition) is 0. The molecule has 6 aliphatic carbocycles. The molecule has 13 aromatic rings. The number of rotatable bonds is 3. The van der Waals surface area contributed by atoms with E-state index in [0.29, 0.717) is 17.5 Å². The molecule has 0 bridgehead atoms. The Kier molecular flexibility index (Phi) is 8.33. The highest BCUT2D eigenvalue weighted by Crippen LogP contribution is 2.67. The van der Waals surface area contributed by atoms with Gasteiger partial charge in [-0.05, 0) is 134 Å². The monoisotopic (exact) mass is 1020 g/mol. The summed E-state index contributed by atoms with van der Waals surface area (Å²) in [6.45, 7) is 0. The summed E-state index contributed by atoms with van der Waals surface area (Å²) in [6, 6.07) is 102. The average molecular weight is 1020 g/mol. The van der Waals surface area contributed by atoms with Crippen molar-refractivity contribution in [1.82, 2.24) is 15.0 Å². The van der Waals surface area contributed by atoms with E-state index in [4.69, 9.17) is 15.0 Å². The van der Waals surface area contributed by atoms with E-state index in [-0.39, 0.29) is 0 Å². The first-order valence-corrected chi connectivity index (χ1v) is 28.3. The Morgan fingerprint density at radius 2 is 0.309 bits per heavy atom. The second-order valence-electron chi connectivity index (χ2n) is 22.7. The van der Waals surface area contributed by atoms with Crippen molar-refractivity contribution in [3.05, 3.63) is 340 Å². The van der Waals surface area contributed by atoms with Crippen molar-refractivity contribution in [2.24, 2.45) is 0 Å². The highest BCUT2D eigenvalue weighted by atomic mass is 15.0. The van der Waals surface area contributed by atoms with Crippen molar-refractivity contribution in [1.29, 1.82) is 0 Å². The van der Waals surface area contributed by atoms with Gasteiger partial charge >= 0.3 is 0 Å². The normalized spacial score (nSPS) is 15.0. The summed E-state index contributed by atoms with van der Waals surface area (Å²) < 4.78 is 0. The van der Waals surface area contributed by atoms with Crippen LogP contribution in [0.4, 0.5) is 0 Å². The molecule has 6 aliphatic rings. The average Bonchev–Trinajstić information content (AvgIpc) is 4.45. The minimum Gasteiger partial charge on any atom is -0.208 e. The quantitative estimate of drug-likeness (QED) is 0.177. The van der Waals surface area contributed by atoms with Crippen molar-refractivity contribution in [2.45, 2.75) is 16.2 Å². The van der Waals surface area contributed by atoms with Crippen LogP contribution in [0.15, 0.2) is 273 Å². The lowest BCUT2D eigenvalue weighted by molar-refractivity contribution is 0.793. The van der Waals surface area contributed by atoms with Crippen LogP contribution in [0, 0.1) is 0 Å². The van der Waals surface area contributed by atoms with E-state index in [1.165, 1.54) is 117 Å². The first-order valence-electron chi connectivity index (χ1n) is 28.3. The molecule has 0 radical (unpaired) electrons. The van der Waals surface area contributed by atoms with Gasteiger partial charge in [0.2, 0.25) is 0 Å². The molecule has 12 aromatic carbocycles. The molecule has 0 saturated carbocycles. The SMILES string of the molecule is c1ccc2c(c1)-c1ccccc1C21c2ccccc2-c2c(-c3nc(-c4cccc5c4-c4ccccc4C54c5ccccc5-c5ccccc54)nc(-c4cccc5c4-c4ccccc4C54c5ccccc5-c5ccccc54)n3)cccc21. The third-order valence-corrected chi connectivity index (χ3v) is 19.4. The zero-order valence-corrected chi connectivity index (χ0v) is 43.8. The van der Waals surface area contributed by atoms with Crippen molar-refractivity contribution in [2.75, 3.05) is 0 Å². The predicted molar refractivity (Wildman–Crippen MR) is 325 cm³/mol. The first kappa shape index (κ1) is 43.6. The molecule has 0 amide bonds. The Labute approximate surface area is 469 Å². The van der Waals surface area contributed by atoms with Crippen LogP contribution in [0.25, 0.3) is 101 Å². The van der Waals surface area contributed by atoms with Crippen LogP contribution in [0.1, 0.15) is 66.8 Å². The van der Waals surface area contributed by atoms with Gasteiger partial charge in [0, 0.05) is 16.7 Å². The minimum absolute atomic E-state index is 0.536. The Hall–Kier alpha value is -10.4. The number of benzene rings is 12. The van der Waals surface area contributed by atoms with Crippen LogP contribution in [0.2, 0.25) is 0 Å². The van der Waals surface area contributed by atoms with Crippen LogP contribution < -0.4 is 0 Å². The van der Waals surface area contributed by atoms with Gasteiger partial charge in [-0.3, -0.25) is 0 Å². The Balaban J connectivity index is 0.918. The summed E-state index contributed by atoms with van der Waals surface area (Å²) in [5, 5.41) is 0.